The molecule has 2 aliphatic carbocycles. The molecule has 0 aromatic rings. The molecule has 3 rings (SSSR count). The summed E-state index contributed by atoms with van der Waals surface area (Å²) in [7, 11) is 0. The molecule has 140 valence electrons. The van der Waals surface area contributed by atoms with Crippen molar-refractivity contribution in [2.45, 2.75) is 88.9 Å². The molecule has 2 saturated carbocycles. The summed E-state index contributed by atoms with van der Waals surface area (Å²) in [5.74, 6) is -0.184. The van der Waals surface area contributed by atoms with Crippen molar-refractivity contribution >= 4 is 17.8 Å². The fourth-order valence-corrected chi connectivity index (χ4v) is 3.82. The number of carbonyl (C=O) groups excluding carboxylic acids is 3. The van der Waals surface area contributed by atoms with E-state index in [1.807, 2.05) is 6.92 Å². The van der Waals surface area contributed by atoms with Gasteiger partial charge in [-0.2, -0.15) is 0 Å². The number of likely N-dealkylation sites (tertiary alicyclic amines) is 1. The summed E-state index contributed by atoms with van der Waals surface area (Å²) in [6.07, 6.45) is 8.43. The molecule has 1 heterocycles. The van der Waals surface area contributed by atoms with Gasteiger partial charge in [-0.3, -0.25) is 9.59 Å². The number of carbonyl (C=O) groups is 3. The van der Waals surface area contributed by atoms with E-state index in [0.717, 1.165) is 44.9 Å². The minimum atomic E-state index is -0.573. The van der Waals surface area contributed by atoms with Crippen molar-refractivity contribution in [3.63, 3.8) is 0 Å². The average Bonchev–Trinajstić information content (AvgIpc) is 3.06. The predicted molar refractivity (Wildman–Crippen MR) is 93.9 cm³/mol. The highest BCUT2D eigenvalue weighted by Gasteiger charge is 2.38. The van der Waals surface area contributed by atoms with Crippen LogP contribution in [-0.2, 0) is 9.59 Å². The fourth-order valence-electron chi connectivity index (χ4n) is 3.82. The Kier molecular flexibility index (Phi) is 5.81. The summed E-state index contributed by atoms with van der Waals surface area (Å²) in [6, 6.07) is -0.721. The van der Waals surface area contributed by atoms with Gasteiger partial charge in [-0.1, -0.05) is 19.8 Å². The molecular weight excluding hydrogens is 320 g/mol. The molecule has 0 radical (unpaired) electrons. The number of hydrogen-bond acceptors (Lipinski definition) is 3. The minimum absolute atomic E-state index is 0.0430. The van der Waals surface area contributed by atoms with Gasteiger partial charge in [0.25, 0.3) is 0 Å². The summed E-state index contributed by atoms with van der Waals surface area (Å²) in [5.41, 5.74) is 0. The van der Waals surface area contributed by atoms with E-state index in [4.69, 9.17) is 0 Å². The Morgan fingerprint density at radius 2 is 1.64 bits per heavy atom. The zero-order valence-electron chi connectivity index (χ0n) is 15.1. The lowest BCUT2D eigenvalue weighted by Gasteiger charge is -2.28. The standard InChI is InChI=1S/C18H30N4O3/c1-2-14(21-18(25)20-12-6-3-4-7-12)17(24)22-11-5-8-15(22)16(23)19-13-9-10-13/h12-15H,2-11H2,1H3,(H,19,23)(H2,20,21,25)/t14?,15-/m0/s1. The van der Waals surface area contributed by atoms with Crippen molar-refractivity contribution in [3.05, 3.63) is 0 Å². The van der Waals surface area contributed by atoms with E-state index in [2.05, 4.69) is 16.0 Å². The van der Waals surface area contributed by atoms with E-state index >= 15 is 0 Å². The first-order valence-corrected chi connectivity index (χ1v) is 9.76. The maximum absolute atomic E-state index is 12.9. The number of nitrogens with zero attached hydrogens (tertiary/aromatic N) is 1. The Balaban J connectivity index is 1.54. The van der Waals surface area contributed by atoms with Gasteiger partial charge in [0.1, 0.15) is 12.1 Å². The Hall–Kier alpha value is -1.79. The Labute approximate surface area is 149 Å². The van der Waals surface area contributed by atoms with E-state index < -0.39 is 6.04 Å². The number of hydrogen-bond donors (Lipinski definition) is 3. The fraction of sp³-hybridized carbons (Fsp3) is 0.833. The van der Waals surface area contributed by atoms with Crippen LogP contribution >= 0.6 is 0 Å². The third-order valence-electron chi connectivity index (χ3n) is 5.46. The van der Waals surface area contributed by atoms with Crippen LogP contribution in [-0.4, -0.2) is 53.5 Å². The number of urea groups is 1. The maximum Gasteiger partial charge on any atom is 0.315 e. The molecule has 3 fully saturated rings. The van der Waals surface area contributed by atoms with E-state index in [-0.39, 0.29) is 29.9 Å². The van der Waals surface area contributed by atoms with Crippen LogP contribution in [0.3, 0.4) is 0 Å². The van der Waals surface area contributed by atoms with Crippen molar-refractivity contribution in [2.24, 2.45) is 0 Å². The molecule has 25 heavy (non-hydrogen) atoms. The first-order valence-electron chi connectivity index (χ1n) is 9.76. The Bertz CT molecular complexity index is 514. The highest BCUT2D eigenvalue weighted by Crippen LogP contribution is 2.23. The molecular formula is C18H30N4O3. The summed E-state index contributed by atoms with van der Waals surface area (Å²) in [6.45, 7) is 2.47. The van der Waals surface area contributed by atoms with Crippen molar-refractivity contribution in [3.8, 4) is 0 Å². The second kappa shape index (κ2) is 8.06. The van der Waals surface area contributed by atoms with Gasteiger partial charge in [0.2, 0.25) is 11.8 Å². The first-order chi connectivity index (χ1) is 12.1. The molecule has 0 aromatic heterocycles. The Morgan fingerprint density at radius 3 is 2.28 bits per heavy atom. The van der Waals surface area contributed by atoms with E-state index in [0.29, 0.717) is 25.4 Å². The smallest absolute Gasteiger partial charge is 0.315 e. The lowest BCUT2D eigenvalue weighted by atomic mass is 10.1. The largest absolute Gasteiger partial charge is 0.352 e. The molecule has 3 N–H and O–H groups in total. The lowest BCUT2D eigenvalue weighted by molar-refractivity contribution is -0.140. The predicted octanol–water partition coefficient (Wildman–Crippen LogP) is 1.28. The molecule has 1 saturated heterocycles. The highest BCUT2D eigenvalue weighted by molar-refractivity contribution is 5.92. The first kappa shape index (κ1) is 18.0. The minimum Gasteiger partial charge on any atom is -0.352 e. The molecule has 0 bridgehead atoms. The van der Waals surface area contributed by atoms with Crippen molar-refractivity contribution < 1.29 is 14.4 Å². The second-order valence-corrected chi connectivity index (χ2v) is 7.53. The van der Waals surface area contributed by atoms with E-state index in [1.165, 1.54) is 0 Å². The monoisotopic (exact) mass is 350 g/mol. The summed E-state index contributed by atoms with van der Waals surface area (Å²) in [4.78, 5) is 39.1. The molecule has 1 unspecified atom stereocenters. The zero-order valence-corrected chi connectivity index (χ0v) is 15.1. The van der Waals surface area contributed by atoms with Crippen LogP contribution in [0.1, 0.15) is 64.7 Å². The average molecular weight is 350 g/mol. The normalized spacial score (nSPS) is 24.8. The molecule has 7 nitrogen and oxygen atoms in total. The van der Waals surface area contributed by atoms with E-state index in [9.17, 15) is 14.4 Å². The summed E-state index contributed by atoms with van der Waals surface area (Å²) >= 11 is 0. The Morgan fingerprint density at radius 1 is 0.960 bits per heavy atom. The van der Waals surface area contributed by atoms with Crippen LogP contribution in [0.5, 0.6) is 0 Å². The molecule has 0 aromatic carbocycles. The summed E-state index contributed by atoms with van der Waals surface area (Å²) < 4.78 is 0. The highest BCUT2D eigenvalue weighted by atomic mass is 16.2. The second-order valence-electron chi connectivity index (χ2n) is 7.53. The van der Waals surface area contributed by atoms with Gasteiger partial charge < -0.3 is 20.9 Å². The van der Waals surface area contributed by atoms with Crippen molar-refractivity contribution in [2.75, 3.05) is 6.54 Å². The summed E-state index contributed by atoms with van der Waals surface area (Å²) in [5, 5.41) is 8.76. The van der Waals surface area contributed by atoms with Gasteiger partial charge in [0.15, 0.2) is 0 Å². The van der Waals surface area contributed by atoms with Gasteiger partial charge >= 0.3 is 6.03 Å². The van der Waals surface area contributed by atoms with Crippen LogP contribution in [0, 0.1) is 0 Å². The van der Waals surface area contributed by atoms with Crippen molar-refractivity contribution in [1.29, 1.82) is 0 Å². The lowest BCUT2D eigenvalue weighted by Crippen LogP contribution is -2.55. The van der Waals surface area contributed by atoms with Crippen LogP contribution < -0.4 is 16.0 Å². The molecule has 2 atom stereocenters. The zero-order chi connectivity index (χ0) is 17.8. The van der Waals surface area contributed by atoms with Crippen LogP contribution in [0.15, 0.2) is 0 Å². The SMILES string of the molecule is CCC(NC(=O)NC1CCCC1)C(=O)N1CCC[C@H]1C(=O)NC1CC1. The van der Waals surface area contributed by atoms with E-state index in [1.54, 1.807) is 4.90 Å². The molecule has 3 aliphatic rings. The quantitative estimate of drug-likeness (QED) is 0.674. The van der Waals surface area contributed by atoms with Crippen LogP contribution in [0.25, 0.3) is 0 Å². The molecule has 4 amide bonds. The third-order valence-corrected chi connectivity index (χ3v) is 5.46. The number of amides is 4. The maximum atomic E-state index is 12.9. The van der Waals surface area contributed by atoms with Crippen LogP contribution in [0.4, 0.5) is 4.79 Å². The molecule has 0 spiro atoms. The third kappa shape index (κ3) is 4.64. The van der Waals surface area contributed by atoms with Gasteiger partial charge in [-0.05, 0) is 44.9 Å². The van der Waals surface area contributed by atoms with Crippen molar-refractivity contribution in [1.82, 2.24) is 20.9 Å². The molecule has 7 heteroatoms. The van der Waals surface area contributed by atoms with Gasteiger partial charge in [-0.15, -0.1) is 0 Å². The van der Waals surface area contributed by atoms with Gasteiger partial charge in [-0.25, -0.2) is 4.79 Å². The number of nitrogens with one attached hydrogen (secondary N) is 3. The van der Waals surface area contributed by atoms with Gasteiger partial charge in [0, 0.05) is 18.6 Å². The van der Waals surface area contributed by atoms with Crippen LogP contribution in [0.2, 0.25) is 0 Å². The number of rotatable bonds is 6. The topological polar surface area (TPSA) is 90.5 Å². The van der Waals surface area contributed by atoms with Gasteiger partial charge in [0.05, 0.1) is 0 Å². The molecule has 1 aliphatic heterocycles.